The Morgan fingerprint density at radius 1 is 0.573 bits per heavy atom. The predicted molar refractivity (Wildman–Crippen MR) is 319 cm³/mol. The van der Waals surface area contributed by atoms with Gasteiger partial charge < -0.3 is 52.8 Å². The third-order valence-electron chi connectivity index (χ3n) is 14.7. The topological polar surface area (TPSA) is 177 Å². The average Bonchev–Trinajstić information content (AvgIpc) is 3.66. The van der Waals surface area contributed by atoms with E-state index in [-0.39, 0.29) is 68.0 Å². The van der Waals surface area contributed by atoms with Gasteiger partial charge in [0.2, 0.25) is 0 Å². The molecule has 17 heteroatoms. The Morgan fingerprint density at radius 3 is 1.45 bits per heavy atom. The van der Waals surface area contributed by atoms with Crippen LogP contribution in [0.4, 0.5) is 0 Å². The molecule has 17 nitrogen and oxygen atoms in total. The van der Waals surface area contributed by atoms with Gasteiger partial charge in [0.25, 0.3) is 11.8 Å². The molecule has 0 unspecified atom stereocenters. The Kier molecular flexibility index (Phi) is 26.6. The molecule has 82 heavy (non-hydrogen) atoms. The lowest BCUT2D eigenvalue weighted by molar-refractivity contribution is -0.137. The van der Waals surface area contributed by atoms with Gasteiger partial charge in [0, 0.05) is 70.6 Å². The van der Waals surface area contributed by atoms with Crippen LogP contribution < -0.4 is 0 Å². The highest BCUT2D eigenvalue weighted by Crippen LogP contribution is 2.24. The van der Waals surface area contributed by atoms with Crippen LogP contribution in [0.3, 0.4) is 0 Å². The third-order valence-corrected chi connectivity index (χ3v) is 14.7. The maximum Gasteiger partial charge on any atom is 0.338 e. The zero-order chi connectivity index (χ0) is 58.8. The van der Waals surface area contributed by atoms with Crippen molar-refractivity contribution in [3.8, 4) is 0 Å². The first-order valence-electron chi connectivity index (χ1n) is 29.2. The minimum absolute atomic E-state index is 0.0577. The molecule has 5 aliphatic rings. The summed E-state index contributed by atoms with van der Waals surface area (Å²) in [5, 5.41) is 8.72. The summed E-state index contributed by atoms with van der Waals surface area (Å²) in [6, 6.07) is 7.93. The van der Waals surface area contributed by atoms with Gasteiger partial charge in [0.15, 0.2) is 13.2 Å². The molecular formula is C65H89N5O12. The fraction of sp³-hybridized carbons (Fsp3) is 0.538. The van der Waals surface area contributed by atoms with Crippen molar-refractivity contribution in [2.75, 3.05) is 86.0 Å². The van der Waals surface area contributed by atoms with E-state index in [9.17, 15) is 19.2 Å². The van der Waals surface area contributed by atoms with Crippen molar-refractivity contribution < 1.29 is 57.3 Å². The van der Waals surface area contributed by atoms with Crippen molar-refractivity contribution in [3.05, 3.63) is 142 Å². The number of esters is 2. The number of ether oxygens (including phenoxy) is 6. The summed E-state index contributed by atoms with van der Waals surface area (Å²) in [4.78, 5) is 68.9. The zero-order valence-electron chi connectivity index (χ0n) is 49.8. The van der Waals surface area contributed by atoms with Gasteiger partial charge in [-0.05, 0) is 127 Å². The second-order valence-corrected chi connectivity index (χ2v) is 21.8. The lowest BCUT2D eigenvalue weighted by atomic mass is 9.94. The van der Waals surface area contributed by atoms with Crippen LogP contribution in [0.15, 0.2) is 108 Å². The van der Waals surface area contributed by atoms with Gasteiger partial charge in [-0.3, -0.25) is 9.59 Å². The van der Waals surface area contributed by atoms with E-state index in [0.29, 0.717) is 86.7 Å². The number of carbonyl (C=O) groups excluding carboxylic acids is 4. The van der Waals surface area contributed by atoms with Gasteiger partial charge in [0.1, 0.15) is 24.6 Å². The van der Waals surface area contributed by atoms with Crippen LogP contribution in [-0.4, -0.2) is 160 Å². The molecule has 5 heterocycles. The summed E-state index contributed by atoms with van der Waals surface area (Å²) in [6.45, 7) is 26.1. The average molecular weight is 1130 g/mol. The van der Waals surface area contributed by atoms with E-state index in [1.54, 1.807) is 7.11 Å². The van der Waals surface area contributed by atoms with Crippen molar-refractivity contribution >= 4 is 35.2 Å². The Balaban J connectivity index is 0.000000265. The number of aryl methyl sites for hydroxylation is 4. The van der Waals surface area contributed by atoms with Gasteiger partial charge in [-0.1, -0.05) is 95.3 Å². The molecule has 0 N–H and O–H groups in total. The summed E-state index contributed by atoms with van der Waals surface area (Å²) in [6.07, 6.45) is 24.0. The summed E-state index contributed by atoms with van der Waals surface area (Å²) in [7, 11) is 1.56. The standard InChI is InChI=1S/C34H47N3O6.C31H42N2O6/c1-25-20-26(2)33-29(21-25)22-30(35-42-24-32(38)37-14-6-5-7-15-37)11-9-13-31(12-8-10-28(4)43-34(33)39)41-23-27(3)36-16-18-40-19-17-36;1-22-17-23(2)30-26(18-22)19-27(32-38-21-29(34)33-15-7-6-8-16-33)12-10-14-28(37-20-25(4)36-5)13-9-11-24(3)39-31(30)35/h8-9,11-12,20-21,28,31H,3,5-7,10,13-19,22-24H2,1-2,4H3;9-10,12-13,17-18,24,28H,4,6-8,11,14-16,19-21H2,1-3,5H3/b11-9+,12-8+,35-30?;12-10+,13-9+,32-27?/t28-,31-;24-,28-/m11/s1. The first kappa shape index (κ1) is 64.3. The highest BCUT2D eigenvalue weighted by atomic mass is 16.6. The van der Waals surface area contributed by atoms with E-state index in [1.165, 1.54) is 0 Å². The van der Waals surface area contributed by atoms with Gasteiger partial charge in [0.05, 0.1) is 61.7 Å². The predicted octanol–water partition coefficient (Wildman–Crippen LogP) is 10.1. The van der Waals surface area contributed by atoms with E-state index < -0.39 is 0 Å². The molecule has 0 radical (unpaired) electrons. The van der Waals surface area contributed by atoms with Crippen LogP contribution in [0, 0.1) is 27.7 Å². The SMILES string of the molecule is C=C(CO[C@@H]1/C=C/C[C@@H](C)OC(=O)c2c(C)cc(C)cc2CC(=NOCC(=O)N2CCCCC2)/C=C/C1)N1CCOCC1.C=C(CO[C@@H]1/C=C/C[C@@H](C)OC(=O)c2c(C)cc(C)cc2CC(=NOCC(=O)N2CCCCC2)/C=C/C1)OC. The van der Waals surface area contributed by atoms with Crippen molar-refractivity contribution in [1.82, 2.24) is 14.7 Å². The van der Waals surface area contributed by atoms with Crippen LogP contribution in [0.2, 0.25) is 0 Å². The number of nitrogens with zero attached hydrogens (tertiary/aromatic N) is 5. The number of carbonyl (C=O) groups is 4. The fourth-order valence-corrected chi connectivity index (χ4v) is 10.4. The molecule has 446 valence electrons. The number of cyclic esters (lactones) is 2. The molecule has 0 aliphatic carbocycles. The lowest BCUT2D eigenvalue weighted by Crippen LogP contribution is -2.37. The maximum absolute atomic E-state index is 13.4. The van der Waals surface area contributed by atoms with Gasteiger partial charge in [-0.2, -0.15) is 0 Å². The number of amides is 2. The molecule has 7 rings (SSSR count). The molecule has 2 aromatic rings. The summed E-state index contributed by atoms with van der Waals surface area (Å²) < 4.78 is 34.5. The molecular weight excluding hydrogens is 1040 g/mol. The Labute approximate surface area is 486 Å². The largest absolute Gasteiger partial charge is 0.499 e. The fourth-order valence-electron chi connectivity index (χ4n) is 10.4. The van der Waals surface area contributed by atoms with Crippen LogP contribution in [0.25, 0.3) is 0 Å². The number of morpholine rings is 1. The van der Waals surface area contributed by atoms with Crippen molar-refractivity contribution in [2.45, 2.75) is 143 Å². The van der Waals surface area contributed by atoms with E-state index in [0.717, 1.165) is 117 Å². The number of rotatable bonds is 14. The van der Waals surface area contributed by atoms with E-state index in [2.05, 4.69) is 28.4 Å². The van der Waals surface area contributed by atoms with Crippen molar-refractivity contribution in [3.63, 3.8) is 0 Å². The number of allylic oxidation sites excluding steroid dienone is 2. The Morgan fingerprint density at radius 2 is 1.01 bits per heavy atom. The second kappa shape index (κ2) is 33.9. The number of hydrogen-bond acceptors (Lipinski definition) is 15. The summed E-state index contributed by atoms with van der Waals surface area (Å²) in [5.74, 6) is -0.313. The zero-order valence-corrected chi connectivity index (χ0v) is 49.8. The number of methoxy groups -OCH3 is 1. The first-order valence-corrected chi connectivity index (χ1v) is 29.2. The Hall–Kier alpha value is -6.82. The number of hydrogen-bond donors (Lipinski definition) is 0. The quantitative estimate of drug-likeness (QED) is 0.0757. The molecule has 0 spiro atoms. The minimum Gasteiger partial charge on any atom is -0.499 e. The van der Waals surface area contributed by atoms with E-state index in [4.69, 9.17) is 38.1 Å². The third kappa shape index (κ3) is 21.5. The van der Waals surface area contributed by atoms with Crippen LogP contribution in [-0.2, 0) is 60.5 Å². The van der Waals surface area contributed by atoms with Gasteiger partial charge >= 0.3 is 11.9 Å². The molecule has 2 aromatic carbocycles. The number of benzene rings is 2. The number of oxime groups is 2. The number of fused-ring (bicyclic) bond motifs is 2. The number of likely N-dealkylation sites (tertiary alicyclic amines) is 2. The van der Waals surface area contributed by atoms with Crippen molar-refractivity contribution in [1.29, 1.82) is 0 Å². The maximum atomic E-state index is 13.4. The molecule has 2 amide bonds. The minimum atomic E-state index is -0.367. The molecule has 4 atom stereocenters. The van der Waals surface area contributed by atoms with E-state index in [1.807, 2.05) is 124 Å². The second-order valence-electron chi connectivity index (χ2n) is 21.8. The van der Waals surface area contributed by atoms with Crippen molar-refractivity contribution in [2.24, 2.45) is 10.3 Å². The number of piperidine rings is 2. The highest BCUT2D eigenvalue weighted by Gasteiger charge is 2.24. The van der Waals surface area contributed by atoms with Gasteiger partial charge in [-0.25, -0.2) is 9.59 Å². The molecule has 3 saturated heterocycles. The molecule has 0 aromatic heterocycles. The molecule has 0 bridgehead atoms. The van der Waals surface area contributed by atoms with Crippen LogP contribution >= 0.6 is 0 Å². The summed E-state index contributed by atoms with van der Waals surface area (Å²) >= 11 is 0. The molecule has 5 aliphatic heterocycles. The Bertz CT molecular complexity index is 2670. The first-order chi connectivity index (χ1) is 39.6. The molecule has 0 saturated carbocycles. The lowest BCUT2D eigenvalue weighted by Gasteiger charge is -2.30. The van der Waals surface area contributed by atoms with E-state index >= 15 is 0 Å². The highest BCUT2D eigenvalue weighted by molar-refractivity contribution is 6.01. The van der Waals surface area contributed by atoms with Crippen LogP contribution in [0.1, 0.15) is 132 Å². The molecule has 3 fully saturated rings. The van der Waals surface area contributed by atoms with Crippen LogP contribution in [0.5, 0.6) is 0 Å². The normalized spacial score (nSPS) is 23.9. The van der Waals surface area contributed by atoms with Gasteiger partial charge in [-0.15, -0.1) is 0 Å². The monoisotopic (exact) mass is 1130 g/mol. The summed E-state index contributed by atoms with van der Waals surface area (Å²) in [5.41, 5.74) is 8.61. The smallest absolute Gasteiger partial charge is 0.338 e.